The van der Waals surface area contributed by atoms with E-state index in [0.717, 1.165) is 0 Å². The highest BCUT2D eigenvalue weighted by Gasteiger charge is 2.16. The number of benzene rings is 4. The van der Waals surface area contributed by atoms with E-state index in [1.54, 1.807) is 0 Å². The second-order valence-electron chi connectivity index (χ2n) is 8.75. The minimum atomic E-state index is 1.19. The molecule has 33 heavy (non-hydrogen) atoms. The maximum Gasteiger partial charge on any atom is 0.0541 e. The third-order valence-electron chi connectivity index (χ3n) is 6.64. The molecule has 0 amide bonds. The fourth-order valence-electron chi connectivity index (χ4n) is 5.30. The van der Waals surface area contributed by atoms with Crippen molar-refractivity contribution in [3.8, 4) is 11.4 Å². The molecule has 0 saturated heterocycles. The van der Waals surface area contributed by atoms with E-state index in [0.29, 0.717) is 0 Å². The predicted octanol–water partition coefficient (Wildman–Crippen LogP) is 8.38. The number of aryl methyl sites for hydroxylation is 1. The second-order valence-corrected chi connectivity index (χ2v) is 8.75. The van der Waals surface area contributed by atoms with Crippen LogP contribution in [0.5, 0.6) is 0 Å². The molecule has 0 radical (unpaired) electrons. The summed E-state index contributed by atoms with van der Waals surface area (Å²) in [6.45, 7) is 6.49. The van der Waals surface area contributed by atoms with Gasteiger partial charge >= 0.3 is 0 Å². The van der Waals surface area contributed by atoms with E-state index in [4.69, 9.17) is 0 Å². The Morgan fingerprint density at radius 1 is 0.576 bits per heavy atom. The number of nitrogens with zero attached hydrogens (tertiary/aromatic N) is 2. The standard InChI is InChI=1S/C31H26N2/c1-4-11-25-22(3)32(29-15-8-5-12-26(25)29)23-18-21(2)19-24(20-23)33-30-16-9-6-13-27(30)28-14-7-10-17-31(28)33/h4-20H,1-3H3/b11-4-. The smallest absolute Gasteiger partial charge is 0.0541 e. The van der Waals surface area contributed by atoms with Gasteiger partial charge in [0.25, 0.3) is 0 Å². The zero-order valence-electron chi connectivity index (χ0n) is 19.2. The van der Waals surface area contributed by atoms with E-state index in [2.05, 4.69) is 133 Å². The zero-order chi connectivity index (χ0) is 22.5. The highest BCUT2D eigenvalue weighted by atomic mass is 15.0. The molecule has 0 aliphatic heterocycles. The van der Waals surface area contributed by atoms with Crippen molar-refractivity contribution < 1.29 is 0 Å². The van der Waals surface area contributed by atoms with Gasteiger partial charge in [-0.05, 0) is 62.7 Å². The average Bonchev–Trinajstić information content (AvgIpc) is 3.31. The molecule has 160 valence electrons. The molecule has 2 heterocycles. The topological polar surface area (TPSA) is 9.86 Å². The first kappa shape index (κ1) is 19.6. The largest absolute Gasteiger partial charge is 0.313 e. The summed E-state index contributed by atoms with van der Waals surface area (Å²) in [7, 11) is 0. The highest BCUT2D eigenvalue weighted by molar-refractivity contribution is 6.09. The Morgan fingerprint density at radius 3 is 1.64 bits per heavy atom. The fraction of sp³-hybridized carbons (Fsp3) is 0.0968. The molecule has 0 atom stereocenters. The average molecular weight is 427 g/mol. The summed E-state index contributed by atoms with van der Waals surface area (Å²) in [4.78, 5) is 0. The number of fused-ring (bicyclic) bond motifs is 4. The van der Waals surface area contributed by atoms with Crippen LogP contribution >= 0.6 is 0 Å². The van der Waals surface area contributed by atoms with Crippen LogP contribution in [0.4, 0.5) is 0 Å². The second kappa shape index (κ2) is 7.53. The lowest BCUT2D eigenvalue weighted by Crippen LogP contribution is -2.01. The molecule has 0 bridgehead atoms. The summed E-state index contributed by atoms with van der Waals surface area (Å²) in [5.74, 6) is 0. The Labute approximate surface area is 194 Å². The molecule has 2 nitrogen and oxygen atoms in total. The first-order valence-corrected chi connectivity index (χ1v) is 11.5. The van der Waals surface area contributed by atoms with Crippen LogP contribution in [-0.2, 0) is 0 Å². The van der Waals surface area contributed by atoms with E-state index >= 15 is 0 Å². The molecule has 0 aliphatic carbocycles. The van der Waals surface area contributed by atoms with Gasteiger partial charge in [-0.3, -0.25) is 0 Å². The molecule has 0 unspecified atom stereocenters. The van der Waals surface area contributed by atoms with Gasteiger partial charge in [-0.15, -0.1) is 0 Å². The lowest BCUT2D eigenvalue weighted by molar-refractivity contribution is 1.04. The minimum absolute atomic E-state index is 1.19. The zero-order valence-corrected chi connectivity index (χ0v) is 19.2. The lowest BCUT2D eigenvalue weighted by Gasteiger charge is -2.15. The number of allylic oxidation sites excluding steroid dienone is 1. The molecule has 4 aromatic carbocycles. The van der Waals surface area contributed by atoms with Crippen LogP contribution in [0.15, 0.2) is 97.1 Å². The van der Waals surface area contributed by atoms with Crippen molar-refractivity contribution in [2.45, 2.75) is 20.8 Å². The van der Waals surface area contributed by atoms with Crippen LogP contribution in [0.25, 0.3) is 50.2 Å². The van der Waals surface area contributed by atoms with Gasteiger partial charge in [0.15, 0.2) is 0 Å². The van der Waals surface area contributed by atoms with E-state index in [1.807, 2.05) is 0 Å². The van der Waals surface area contributed by atoms with Crippen molar-refractivity contribution in [1.82, 2.24) is 9.13 Å². The van der Waals surface area contributed by atoms with Crippen LogP contribution < -0.4 is 0 Å². The maximum absolute atomic E-state index is 2.40. The summed E-state index contributed by atoms with van der Waals surface area (Å²) < 4.78 is 4.80. The Balaban J connectivity index is 1.68. The van der Waals surface area contributed by atoms with Crippen molar-refractivity contribution in [1.29, 1.82) is 0 Å². The molecule has 0 N–H and O–H groups in total. The molecular weight excluding hydrogens is 400 g/mol. The van der Waals surface area contributed by atoms with Gasteiger partial charge in [-0.1, -0.05) is 66.7 Å². The number of rotatable bonds is 3. The molecule has 0 fully saturated rings. The normalized spacial score (nSPS) is 12.0. The minimum Gasteiger partial charge on any atom is -0.313 e. The van der Waals surface area contributed by atoms with Gasteiger partial charge in [-0.25, -0.2) is 0 Å². The Kier molecular flexibility index (Phi) is 4.48. The van der Waals surface area contributed by atoms with Crippen molar-refractivity contribution in [2.24, 2.45) is 0 Å². The van der Waals surface area contributed by atoms with Crippen molar-refractivity contribution in [3.05, 3.63) is 114 Å². The summed E-state index contributed by atoms with van der Waals surface area (Å²) in [6.07, 6.45) is 4.34. The van der Waals surface area contributed by atoms with Gasteiger partial charge in [0, 0.05) is 38.8 Å². The molecule has 6 rings (SSSR count). The van der Waals surface area contributed by atoms with Gasteiger partial charge in [0.2, 0.25) is 0 Å². The van der Waals surface area contributed by atoms with Gasteiger partial charge in [-0.2, -0.15) is 0 Å². The van der Waals surface area contributed by atoms with Gasteiger partial charge in [0.1, 0.15) is 0 Å². The molecule has 0 aliphatic rings. The summed E-state index contributed by atoms with van der Waals surface area (Å²) in [6, 6.07) is 33.0. The lowest BCUT2D eigenvalue weighted by atomic mass is 10.1. The first-order valence-electron chi connectivity index (χ1n) is 11.5. The first-order chi connectivity index (χ1) is 16.2. The van der Waals surface area contributed by atoms with E-state index < -0.39 is 0 Å². The van der Waals surface area contributed by atoms with Crippen LogP contribution in [0.1, 0.15) is 23.7 Å². The number of aromatic nitrogens is 2. The molecule has 2 heteroatoms. The summed E-state index contributed by atoms with van der Waals surface area (Å²) >= 11 is 0. The molecule has 2 aromatic heterocycles. The molecular formula is C31H26N2. The van der Waals surface area contributed by atoms with Crippen LogP contribution in [-0.4, -0.2) is 9.13 Å². The van der Waals surface area contributed by atoms with Crippen LogP contribution in [0.2, 0.25) is 0 Å². The van der Waals surface area contributed by atoms with Crippen molar-refractivity contribution in [2.75, 3.05) is 0 Å². The third kappa shape index (κ3) is 2.95. The Hall–Kier alpha value is -4.04. The predicted molar refractivity (Wildman–Crippen MR) is 142 cm³/mol. The monoisotopic (exact) mass is 426 g/mol. The van der Waals surface area contributed by atoms with E-state index in [9.17, 15) is 0 Å². The molecule has 6 aromatic rings. The Bertz CT molecular complexity index is 1640. The van der Waals surface area contributed by atoms with Gasteiger partial charge < -0.3 is 9.13 Å². The van der Waals surface area contributed by atoms with Crippen molar-refractivity contribution >= 4 is 38.8 Å². The Morgan fingerprint density at radius 2 is 1.06 bits per heavy atom. The van der Waals surface area contributed by atoms with Crippen molar-refractivity contribution in [3.63, 3.8) is 0 Å². The SMILES string of the molecule is C/C=C\c1c(C)n(-c2cc(C)cc(-n3c4ccccc4c4ccccc43)c2)c2ccccc12. The quantitative estimate of drug-likeness (QED) is 0.269. The summed E-state index contributed by atoms with van der Waals surface area (Å²) in [5.41, 5.74) is 9.87. The number of para-hydroxylation sites is 3. The number of hydrogen-bond donors (Lipinski definition) is 0. The third-order valence-corrected chi connectivity index (χ3v) is 6.64. The molecule has 0 saturated carbocycles. The fourth-order valence-corrected chi connectivity index (χ4v) is 5.30. The maximum atomic E-state index is 2.40. The van der Waals surface area contributed by atoms with Gasteiger partial charge in [0.05, 0.1) is 16.6 Å². The van der Waals surface area contributed by atoms with Crippen LogP contribution in [0, 0.1) is 13.8 Å². The molecule has 0 spiro atoms. The van der Waals surface area contributed by atoms with Crippen LogP contribution in [0.3, 0.4) is 0 Å². The van der Waals surface area contributed by atoms with E-state index in [1.165, 1.54) is 60.9 Å². The highest BCUT2D eigenvalue weighted by Crippen LogP contribution is 2.35. The summed E-state index contributed by atoms with van der Waals surface area (Å²) in [5, 5.41) is 3.86. The van der Waals surface area contributed by atoms with E-state index in [-0.39, 0.29) is 0 Å². The number of hydrogen-bond acceptors (Lipinski definition) is 0.